The van der Waals surface area contributed by atoms with Crippen molar-refractivity contribution in [2.75, 3.05) is 0 Å². The molecule has 0 fully saturated rings. The van der Waals surface area contributed by atoms with Crippen LogP contribution in [0.15, 0.2) is 10.8 Å². The van der Waals surface area contributed by atoms with Crippen LogP contribution in [0.25, 0.3) is 0 Å². The van der Waals surface area contributed by atoms with Crippen LogP contribution in [0.3, 0.4) is 0 Å². The Bertz CT molecular complexity index is 339. The minimum atomic E-state index is -0.437. The van der Waals surface area contributed by atoms with E-state index in [1.807, 2.05) is 33.1 Å². The molecule has 1 aromatic heterocycles. The number of hydrogen-bond donors (Lipinski definition) is 1. The van der Waals surface area contributed by atoms with Crippen LogP contribution in [0.1, 0.15) is 31.9 Å². The number of thiophene rings is 1. The predicted octanol–water partition coefficient (Wildman–Crippen LogP) is 3.08. The van der Waals surface area contributed by atoms with Crippen LogP contribution in [-0.2, 0) is 11.3 Å². The SMILES string of the molecule is Cc1cscc1CNC(=O)OC(C)(C)C. The maximum absolute atomic E-state index is 11.3. The first kappa shape index (κ1) is 12.0. The summed E-state index contributed by atoms with van der Waals surface area (Å²) >= 11 is 1.64. The highest BCUT2D eigenvalue weighted by atomic mass is 32.1. The van der Waals surface area contributed by atoms with Crippen LogP contribution in [0, 0.1) is 6.92 Å². The van der Waals surface area contributed by atoms with Gasteiger partial charge in [-0.2, -0.15) is 11.3 Å². The number of alkyl carbamates (subject to hydrolysis) is 1. The molecule has 1 heterocycles. The fourth-order valence-corrected chi connectivity index (χ4v) is 1.91. The van der Waals surface area contributed by atoms with Gasteiger partial charge in [-0.15, -0.1) is 0 Å². The smallest absolute Gasteiger partial charge is 0.407 e. The summed E-state index contributed by atoms with van der Waals surface area (Å²) in [7, 11) is 0. The van der Waals surface area contributed by atoms with Gasteiger partial charge in [-0.3, -0.25) is 0 Å². The second-order valence-corrected chi connectivity index (χ2v) is 5.18. The van der Waals surface area contributed by atoms with Gasteiger partial charge in [-0.25, -0.2) is 4.79 Å². The van der Waals surface area contributed by atoms with Crippen molar-refractivity contribution in [1.29, 1.82) is 0 Å². The average Bonchev–Trinajstić information content (AvgIpc) is 2.44. The second kappa shape index (κ2) is 4.66. The minimum absolute atomic E-state index is 0.367. The Morgan fingerprint density at radius 2 is 2.13 bits per heavy atom. The Kier molecular flexibility index (Phi) is 3.74. The maximum Gasteiger partial charge on any atom is 0.407 e. The molecule has 0 unspecified atom stereocenters. The highest BCUT2D eigenvalue weighted by molar-refractivity contribution is 7.08. The van der Waals surface area contributed by atoms with Crippen molar-refractivity contribution >= 4 is 17.4 Å². The normalized spacial score (nSPS) is 11.2. The van der Waals surface area contributed by atoms with Gasteiger partial charge in [0.2, 0.25) is 0 Å². The monoisotopic (exact) mass is 227 g/mol. The summed E-state index contributed by atoms with van der Waals surface area (Å²) in [6.45, 7) is 8.11. The molecule has 0 saturated heterocycles. The third-order valence-electron chi connectivity index (χ3n) is 1.78. The Labute approximate surface area is 94.5 Å². The van der Waals surface area contributed by atoms with Crippen LogP contribution < -0.4 is 5.32 Å². The number of hydrogen-bond acceptors (Lipinski definition) is 3. The first-order valence-electron chi connectivity index (χ1n) is 4.87. The number of ether oxygens (including phenoxy) is 1. The lowest BCUT2D eigenvalue weighted by Gasteiger charge is -2.19. The van der Waals surface area contributed by atoms with E-state index in [1.54, 1.807) is 11.3 Å². The van der Waals surface area contributed by atoms with Crippen molar-refractivity contribution in [2.24, 2.45) is 0 Å². The van der Waals surface area contributed by atoms with Crippen molar-refractivity contribution < 1.29 is 9.53 Å². The average molecular weight is 227 g/mol. The van der Waals surface area contributed by atoms with E-state index in [4.69, 9.17) is 4.74 Å². The quantitative estimate of drug-likeness (QED) is 0.843. The van der Waals surface area contributed by atoms with E-state index >= 15 is 0 Å². The first-order chi connectivity index (χ1) is 6.88. The number of amides is 1. The van der Waals surface area contributed by atoms with Gasteiger partial charge < -0.3 is 10.1 Å². The molecule has 3 nitrogen and oxygen atoms in total. The molecule has 0 aliphatic carbocycles. The van der Waals surface area contributed by atoms with Gasteiger partial charge in [-0.1, -0.05) is 0 Å². The molecule has 15 heavy (non-hydrogen) atoms. The van der Waals surface area contributed by atoms with E-state index in [2.05, 4.69) is 10.7 Å². The van der Waals surface area contributed by atoms with E-state index in [0.29, 0.717) is 6.54 Å². The number of aryl methyl sites for hydroxylation is 1. The van der Waals surface area contributed by atoms with Crippen molar-refractivity contribution in [1.82, 2.24) is 5.32 Å². The molecular weight excluding hydrogens is 210 g/mol. The summed E-state index contributed by atoms with van der Waals surface area (Å²) in [5.74, 6) is 0. The van der Waals surface area contributed by atoms with Crippen LogP contribution in [0.4, 0.5) is 4.79 Å². The Morgan fingerprint density at radius 3 is 2.60 bits per heavy atom. The molecule has 4 heteroatoms. The molecule has 0 bridgehead atoms. The van der Waals surface area contributed by atoms with Crippen LogP contribution in [-0.4, -0.2) is 11.7 Å². The van der Waals surface area contributed by atoms with E-state index in [9.17, 15) is 4.79 Å². The van der Waals surface area contributed by atoms with Crippen molar-refractivity contribution in [3.8, 4) is 0 Å². The zero-order valence-corrected chi connectivity index (χ0v) is 10.4. The fraction of sp³-hybridized carbons (Fsp3) is 0.545. The molecule has 1 rings (SSSR count). The van der Waals surface area contributed by atoms with E-state index in [-0.39, 0.29) is 6.09 Å². The maximum atomic E-state index is 11.3. The van der Waals surface area contributed by atoms with E-state index in [0.717, 1.165) is 5.56 Å². The van der Waals surface area contributed by atoms with Crippen molar-refractivity contribution in [3.63, 3.8) is 0 Å². The summed E-state index contributed by atoms with van der Waals surface area (Å²) in [5.41, 5.74) is 1.91. The van der Waals surface area contributed by atoms with Crippen LogP contribution in [0.2, 0.25) is 0 Å². The van der Waals surface area contributed by atoms with Gasteiger partial charge in [0.05, 0.1) is 0 Å². The van der Waals surface area contributed by atoms with Crippen molar-refractivity contribution in [3.05, 3.63) is 21.9 Å². The predicted molar refractivity (Wildman–Crippen MR) is 62.1 cm³/mol. The van der Waals surface area contributed by atoms with Gasteiger partial charge in [0.25, 0.3) is 0 Å². The number of carbonyl (C=O) groups excluding carboxylic acids is 1. The lowest BCUT2D eigenvalue weighted by Crippen LogP contribution is -2.32. The van der Waals surface area contributed by atoms with Gasteiger partial charge in [0.15, 0.2) is 0 Å². The Morgan fingerprint density at radius 1 is 1.47 bits per heavy atom. The molecule has 0 saturated carbocycles. The van der Waals surface area contributed by atoms with E-state index < -0.39 is 5.60 Å². The molecular formula is C11H17NO2S. The summed E-state index contributed by atoms with van der Waals surface area (Å²) in [4.78, 5) is 11.3. The minimum Gasteiger partial charge on any atom is -0.444 e. The second-order valence-electron chi connectivity index (χ2n) is 4.44. The first-order valence-corrected chi connectivity index (χ1v) is 5.81. The highest BCUT2D eigenvalue weighted by Gasteiger charge is 2.15. The largest absolute Gasteiger partial charge is 0.444 e. The highest BCUT2D eigenvalue weighted by Crippen LogP contribution is 2.13. The number of nitrogens with one attached hydrogen (secondary N) is 1. The van der Waals surface area contributed by atoms with Crippen molar-refractivity contribution in [2.45, 2.75) is 39.8 Å². The third-order valence-corrected chi connectivity index (χ3v) is 2.69. The number of rotatable bonds is 2. The molecule has 1 amide bonds. The summed E-state index contributed by atoms with van der Waals surface area (Å²) in [6.07, 6.45) is -0.367. The Balaban J connectivity index is 2.38. The third kappa shape index (κ3) is 4.34. The lowest BCUT2D eigenvalue weighted by atomic mass is 10.2. The Hall–Kier alpha value is -1.03. The van der Waals surface area contributed by atoms with Crippen LogP contribution in [0.5, 0.6) is 0 Å². The molecule has 1 N–H and O–H groups in total. The molecule has 0 aliphatic heterocycles. The fourth-order valence-electron chi connectivity index (χ4n) is 1.05. The van der Waals surface area contributed by atoms with Gasteiger partial charge >= 0.3 is 6.09 Å². The van der Waals surface area contributed by atoms with Gasteiger partial charge in [-0.05, 0) is 49.6 Å². The molecule has 0 spiro atoms. The molecule has 0 radical (unpaired) electrons. The zero-order valence-electron chi connectivity index (χ0n) is 9.59. The van der Waals surface area contributed by atoms with E-state index in [1.165, 1.54) is 5.56 Å². The summed E-state index contributed by atoms with van der Waals surface area (Å²) in [5, 5.41) is 6.82. The van der Waals surface area contributed by atoms with Crippen LogP contribution >= 0.6 is 11.3 Å². The molecule has 0 atom stereocenters. The molecule has 0 aliphatic rings. The lowest BCUT2D eigenvalue weighted by molar-refractivity contribution is 0.0523. The molecule has 1 aromatic rings. The summed E-state index contributed by atoms with van der Waals surface area (Å²) < 4.78 is 5.13. The van der Waals surface area contributed by atoms with Gasteiger partial charge in [0, 0.05) is 6.54 Å². The zero-order chi connectivity index (χ0) is 11.5. The molecule has 0 aromatic carbocycles. The number of carbonyl (C=O) groups is 1. The topological polar surface area (TPSA) is 38.3 Å². The van der Waals surface area contributed by atoms with Gasteiger partial charge in [0.1, 0.15) is 5.60 Å². The molecule has 84 valence electrons. The standard InChI is InChI=1S/C11H17NO2S/c1-8-6-15-7-9(8)5-12-10(13)14-11(2,3)4/h6-7H,5H2,1-4H3,(H,12,13). The summed E-state index contributed by atoms with van der Waals surface area (Å²) in [6, 6.07) is 0.